The molecule has 0 fully saturated rings. The second kappa shape index (κ2) is 12.8. The fourth-order valence-corrected chi connectivity index (χ4v) is 4.07. The van der Waals surface area contributed by atoms with E-state index in [0.29, 0.717) is 24.3 Å². The molecule has 3 rings (SSSR count). The molecule has 0 aliphatic heterocycles. The van der Waals surface area contributed by atoms with Crippen molar-refractivity contribution in [2.45, 2.75) is 25.9 Å². The Morgan fingerprint density at radius 3 is 2.30 bits per heavy atom. The van der Waals surface area contributed by atoms with Gasteiger partial charge < -0.3 is 19.3 Å². The second-order valence-electron chi connectivity index (χ2n) is 8.26. The van der Waals surface area contributed by atoms with Gasteiger partial charge in [0, 0.05) is 24.3 Å². The molecule has 0 bridgehead atoms. The largest absolute Gasteiger partial charge is 0.479 e. The van der Waals surface area contributed by atoms with E-state index in [-0.39, 0.29) is 18.1 Å². The number of aliphatic carboxylic acids is 1. The molecular weight excluding hydrogens is 494 g/mol. The molecule has 0 unspecified atom stereocenters. The van der Waals surface area contributed by atoms with Crippen LogP contribution < -0.4 is 9.50 Å². The maximum Gasteiger partial charge on any atom is 0.333 e. The molecular formula is C28H29NO7S. The number of benzene rings is 3. The highest BCUT2D eigenvalue weighted by Crippen LogP contribution is 2.18. The Bertz CT molecular complexity index is 1350. The van der Waals surface area contributed by atoms with Crippen LogP contribution in [0.25, 0.3) is 6.08 Å². The number of anilines is 1. The number of hydrogen-bond acceptors (Lipinski definition) is 6. The van der Waals surface area contributed by atoms with Crippen molar-refractivity contribution in [1.29, 1.82) is 0 Å². The maximum absolute atomic E-state index is 13.0. The van der Waals surface area contributed by atoms with Gasteiger partial charge in [-0.25, -0.2) is 4.79 Å². The number of allylic oxidation sites excluding steroid dienone is 1. The number of carboxylic acid groups (broad SMARTS) is 1. The van der Waals surface area contributed by atoms with E-state index in [1.807, 2.05) is 24.3 Å². The Kier molecular flexibility index (Phi) is 9.59. The van der Waals surface area contributed by atoms with E-state index in [0.717, 1.165) is 22.9 Å². The predicted molar refractivity (Wildman–Crippen MR) is 142 cm³/mol. The lowest BCUT2D eigenvalue weighted by Gasteiger charge is -2.13. The Balaban J connectivity index is 1.62. The van der Waals surface area contributed by atoms with Gasteiger partial charge in [-0.2, -0.15) is 8.42 Å². The summed E-state index contributed by atoms with van der Waals surface area (Å²) in [4.78, 5) is 24.3. The van der Waals surface area contributed by atoms with E-state index >= 15 is 0 Å². The first-order valence-electron chi connectivity index (χ1n) is 11.6. The van der Waals surface area contributed by atoms with Gasteiger partial charge in [0.15, 0.2) is 6.10 Å². The van der Waals surface area contributed by atoms with Crippen molar-refractivity contribution in [1.82, 2.24) is 0 Å². The number of amides is 1. The smallest absolute Gasteiger partial charge is 0.333 e. The third kappa shape index (κ3) is 8.89. The summed E-state index contributed by atoms with van der Waals surface area (Å²) in [6.45, 7) is 2.06. The van der Waals surface area contributed by atoms with Crippen molar-refractivity contribution >= 4 is 33.8 Å². The lowest BCUT2D eigenvalue weighted by molar-refractivity contribution is -0.149. The lowest BCUT2D eigenvalue weighted by atomic mass is 10.0. The van der Waals surface area contributed by atoms with Gasteiger partial charge in [0.25, 0.3) is 5.91 Å². The van der Waals surface area contributed by atoms with Crippen molar-refractivity contribution in [2.24, 2.45) is 0 Å². The molecule has 0 aliphatic carbocycles. The van der Waals surface area contributed by atoms with Crippen LogP contribution in [0, 0.1) is 0 Å². The van der Waals surface area contributed by atoms with Crippen LogP contribution >= 0.6 is 0 Å². The zero-order valence-electron chi connectivity index (χ0n) is 20.6. The van der Waals surface area contributed by atoms with Gasteiger partial charge in [0.05, 0.1) is 6.26 Å². The molecule has 0 aromatic heterocycles. The minimum atomic E-state index is -3.57. The molecule has 0 aliphatic rings. The average Bonchev–Trinajstić information content (AvgIpc) is 2.85. The zero-order valence-corrected chi connectivity index (χ0v) is 21.4. The van der Waals surface area contributed by atoms with E-state index < -0.39 is 22.2 Å². The molecule has 3 aromatic carbocycles. The van der Waals surface area contributed by atoms with Crippen LogP contribution in [0.3, 0.4) is 0 Å². The minimum absolute atomic E-state index is 0.236. The van der Waals surface area contributed by atoms with E-state index in [2.05, 4.69) is 5.32 Å². The van der Waals surface area contributed by atoms with Gasteiger partial charge in [-0.05, 0) is 60.4 Å². The molecule has 0 saturated carbocycles. The first kappa shape index (κ1) is 27.6. The number of carbonyl (C=O) groups is 2. The first-order chi connectivity index (χ1) is 17.6. The molecule has 2 N–H and O–H groups in total. The van der Waals surface area contributed by atoms with Crippen LogP contribution in [0.15, 0.2) is 78.9 Å². The average molecular weight is 524 g/mol. The molecule has 0 radical (unpaired) electrons. The third-order valence-electron chi connectivity index (χ3n) is 5.31. The molecule has 37 heavy (non-hydrogen) atoms. The summed E-state index contributed by atoms with van der Waals surface area (Å²) < 4.78 is 32.5. The van der Waals surface area contributed by atoms with E-state index in [1.54, 1.807) is 67.6 Å². The van der Waals surface area contributed by atoms with Crippen LogP contribution in [0.1, 0.15) is 34.0 Å². The summed E-state index contributed by atoms with van der Waals surface area (Å²) >= 11 is 0. The fraction of sp³-hybridized carbons (Fsp3) is 0.214. The fourth-order valence-electron chi connectivity index (χ4n) is 3.61. The number of carboxylic acids is 1. The molecule has 0 spiro atoms. The quantitative estimate of drug-likeness (QED) is 0.334. The van der Waals surface area contributed by atoms with Crippen molar-refractivity contribution in [3.8, 4) is 5.75 Å². The number of ether oxygens (including phenoxy) is 1. The van der Waals surface area contributed by atoms with Crippen LogP contribution in [0.5, 0.6) is 5.75 Å². The summed E-state index contributed by atoms with van der Waals surface area (Å²) in [5.41, 5.74) is 3.62. The predicted octanol–water partition coefficient (Wildman–Crippen LogP) is 4.57. The van der Waals surface area contributed by atoms with Crippen molar-refractivity contribution < 1.29 is 32.0 Å². The molecule has 1 atom stereocenters. The van der Waals surface area contributed by atoms with Crippen molar-refractivity contribution in [3.63, 3.8) is 0 Å². The summed E-state index contributed by atoms with van der Waals surface area (Å²) in [6, 6.07) is 20.9. The van der Waals surface area contributed by atoms with Gasteiger partial charge in [-0.1, -0.05) is 54.6 Å². The minimum Gasteiger partial charge on any atom is -0.479 e. The highest BCUT2D eigenvalue weighted by atomic mass is 32.2. The number of nitrogens with one attached hydrogen (secondary N) is 1. The highest BCUT2D eigenvalue weighted by Gasteiger charge is 2.18. The molecule has 194 valence electrons. The Morgan fingerprint density at radius 1 is 1.00 bits per heavy atom. The van der Waals surface area contributed by atoms with Crippen molar-refractivity contribution in [3.05, 3.63) is 101 Å². The van der Waals surface area contributed by atoms with Crippen LogP contribution in [0.4, 0.5) is 5.69 Å². The standard InChI is InChI=1S/C28H29NO7S/c1-3-35-26(28(31)32)19-21-11-15-23(16-12-21)29-27(30)25-10-5-4-8-22(25)9-6-7-20-13-17-24(18-14-20)36-37(2,33)34/h4-8,10-18,26H,3,9,19H2,1-2H3,(H,29,30)(H,31,32)/t26-/m0/s1. The monoisotopic (exact) mass is 523 g/mol. The molecule has 8 nitrogen and oxygen atoms in total. The van der Waals surface area contributed by atoms with E-state index in [9.17, 15) is 23.1 Å². The summed E-state index contributed by atoms with van der Waals surface area (Å²) in [6.07, 6.45) is 4.63. The second-order valence-corrected chi connectivity index (χ2v) is 9.83. The van der Waals surface area contributed by atoms with Gasteiger partial charge in [0.2, 0.25) is 0 Å². The molecule has 0 saturated heterocycles. The molecule has 0 heterocycles. The highest BCUT2D eigenvalue weighted by molar-refractivity contribution is 7.86. The number of hydrogen-bond donors (Lipinski definition) is 2. The maximum atomic E-state index is 13.0. The number of carbonyl (C=O) groups excluding carboxylic acids is 1. The molecule has 9 heteroatoms. The summed E-state index contributed by atoms with van der Waals surface area (Å²) in [7, 11) is -3.57. The Morgan fingerprint density at radius 2 is 1.68 bits per heavy atom. The Hall–Kier alpha value is -3.95. The summed E-state index contributed by atoms with van der Waals surface area (Å²) in [5, 5.41) is 12.1. The Labute approximate surface area is 216 Å². The van der Waals surface area contributed by atoms with Crippen LogP contribution in [-0.4, -0.2) is 44.4 Å². The first-order valence-corrected chi connectivity index (χ1v) is 13.4. The number of rotatable bonds is 12. The van der Waals surface area contributed by atoms with Crippen LogP contribution in [0.2, 0.25) is 0 Å². The van der Waals surface area contributed by atoms with Crippen molar-refractivity contribution in [2.75, 3.05) is 18.2 Å². The molecule has 3 aromatic rings. The zero-order chi connectivity index (χ0) is 26.8. The topological polar surface area (TPSA) is 119 Å². The van der Waals surface area contributed by atoms with E-state index in [1.165, 1.54) is 0 Å². The van der Waals surface area contributed by atoms with Crippen LogP contribution in [-0.2, 0) is 32.5 Å². The van der Waals surface area contributed by atoms with Gasteiger partial charge in [0.1, 0.15) is 5.75 Å². The van der Waals surface area contributed by atoms with Gasteiger partial charge in [-0.3, -0.25) is 4.79 Å². The normalized spacial score (nSPS) is 12.3. The lowest BCUT2D eigenvalue weighted by Crippen LogP contribution is -2.26. The van der Waals surface area contributed by atoms with Gasteiger partial charge in [-0.15, -0.1) is 0 Å². The summed E-state index contributed by atoms with van der Waals surface area (Å²) in [5.74, 6) is -1.02. The van der Waals surface area contributed by atoms with E-state index in [4.69, 9.17) is 8.92 Å². The van der Waals surface area contributed by atoms with Gasteiger partial charge >= 0.3 is 16.1 Å². The molecule has 1 amide bonds. The third-order valence-corrected chi connectivity index (χ3v) is 5.81. The SMILES string of the molecule is CCO[C@@H](Cc1ccc(NC(=O)c2ccccc2CC=Cc2ccc(OS(C)(=O)=O)cc2)cc1)C(=O)O.